The number of amides is 1. The first kappa shape index (κ1) is 17.4. The number of carbonyl (C=O) groups excluding carboxylic acids is 1. The van der Waals surface area contributed by atoms with E-state index in [9.17, 15) is 4.79 Å². The lowest BCUT2D eigenvalue weighted by atomic mass is 10.1. The Morgan fingerprint density at radius 3 is 2.92 bits per heavy atom. The Morgan fingerprint density at radius 1 is 1.46 bits per heavy atom. The molecule has 1 fully saturated rings. The Hall–Kier alpha value is -1.39. The van der Waals surface area contributed by atoms with E-state index in [1.165, 1.54) is 20.7 Å². The van der Waals surface area contributed by atoms with Crippen molar-refractivity contribution in [3.05, 3.63) is 33.8 Å². The number of rotatable bonds is 5. The van der Waals surface area contributed by atoms with Crippen LogP contribution in [0.3, 0.4) is 0 Å². The largest absolute Gasteiger partial charge is 0.497 e. The highest BCUT2D eigenvalue weighted by molar-refractivity contribution is 7.79. The number of carbonyl (C=O) groups is 1. The molecule has 2 heterocycles. The molecule has 1 unspecified atom stereocenters. The number of nitrogens with one attached hydrogen (secondary N) is 1. The van der Waals surface area contributed by atoms with Crippen LogP contribution in [0.1, 0.15) is 5.56 Å². The molecule has 0 radical (unpaired) electrons. The molecule has 1 atom stereocenters. The summed E-state index contributed by atoms with van der Waals surface area (Å²) < 4.78 is 11.2. The summed E-state index contributed by atoms with van der Waals surface area (Å²) in [5.74, 6) is 0.708. The molecule has 128 valence electrons. The van der Waals surface area contributed by atoms with E-state index in [-0.39, 0.29) is 11.9 Å². The van der Waals surface area contributed by atoms with Gasteiger partial charge in [0.2, 0.25) is 11.0 Å². The lowest BCUT2D eigenvalue weighted by molar-refractivity contribution is -0.127. The quantitative estimate of drug-likeness (QED) is 0.633. The first-order valence-electron chi connectivity index (χ1n) is 7.38. The fourth-order valence-corrected chi connectivity index (χ4v) is 4.33. The monoisotopic (exact) mass is 383 g/mol. The van der Waals surface area contributed by atoms with Crippen LogP contribution in [-0.4, -0.2) is 48.7 Å². The second-order valence-electron chi connectivity index (χ2n) is 5.25. The van der Waals surface area contributed by atoms with E-state index in [0.717, 1.165) is 11.3 Å². The van der Waals surface area contributed by atoms with Crippen molar-refractivity contribution in [2.45, 2.75) is 12.6 Å². The van der Waals surface area contributed by atoms with Crippen LogP contribution < -0.4 is 10.1 Å². The predicted octanol–water partition coefficient (Wildman–Crippen LogP) is 2.78. The van der Waals surface area contributed by atoms with Crippen LogP contribution in [0.2, 0.25) is 0 Å². The van der Waals surface area contributed by atoms with Gasteiger partial charge in [0.25, 0.3) is 0 Å². The Balaban J connectivity index is 1.67. The summed E-state index contributed by atoms with van der Waals surface area (Å²) in [6, 6.07) is 7.52. The average molecular weight is 384 g/mol. The molecule has 1 aromatic carbocycles. The number of hydrogen-bond acceptors (Lipinski definition) is 8. The zero-order chi connectivity index (χ0) is 16.9. The number of morpholine rings is 1. The van der Waals surface area contributed by atoms with E-state index in [2.05, 4.69) is 15.2 Å². The van der Waals surface area contributed by atoms with Gasteiger partial charge in [-0.3, -0.25) is 15.0 Å². The highest BCUT2D eigenvalue weighted by Gasteiger charge is 2.30. The molecule has 6 nitrogen and oxygen atoms in total. The summed E-state index contributed by atoms with van der Waals surface area (Å²) in [6.45, 7) is 2.38. The molecule has 1 aliphatic heterocycles. The summed E-state index contributed by atoms with van der Waals surface area (Å²) in [5.41, 5.74) is 1.12. The van der Waals surface area contributed by atoms with Gasteiger partial charge in [0.05, 0.1) is 20.3 Å². The summed E-state index contributed by atoms with van der Waals surface area (Å²) in [6.07, 6.45) is 0. The summed E-state index contributed by atoms with van der Waals surface area (Å²) in [4.78, 5) is 18.8. The molecular formula is C15H17N3O3S3. The lowest BCUT2D eigenvalue weighted by Gasteiger charge is -2.34. The van der Waals surface area contributed by atoms with Crippen molar-refractivity contribution in [3.8, 4) is 5.75 Å². The summed E-state index contributed by atoms with van der Waals surface area (Å²) >= 11 is 4.99. The van der Waals surface area contributed by atoms with Gasteiger partial charge in [0.15, 0.2) is 3.95 Å². The van der Waals surface area contributed by atoms with Gasteiger partial charge < -0.3 is 9.47 Å². The number of benzene rings is 1. The van der Waals surface area contributed by atoms with Crippen LogP contribution in [0, 0.1) is 3.95 Å². The van der Waals surface area contributed by atoms with Gasteiger partial charge >= 0.3 is 0 Å². The molecule has 0 saturated carbocycles. The van der Waals surface area contributed by atoms with Gasteiger partial charge in [-0.25, -0.2) is 0 Å². The van der Waals surface area contributed by atoms with Crippen molar-refractivity contribution in [3.63, 3.8) is 0 Å². The summed E-state index contributed by atoms with van der Waals surface area (Å²) in [5, 5.41) is 3.38. The Labute approximate surface area is 152 Å². The minimum absolute atomic E-state index is 0.111. The molecule has 1 saturated heterocycles. The second-order valence-corrected chi connectivity index (χ2v) is 8.00. The molecule has 9 heteroatoms. The van der Waals surface area contributed by atoms with Gasteiger partial charge in [0.1, 0.15) is 11.8 Å². The molecule has 1 aromatic heterocycles. The van der Waals surface area contributed by atoms with Crippen molar-refractivity contribution >= 4 is 43.9 Å². The molecule has 0 aliphatic carbocycles. The fraction of sp³-hybridized carbons (Fsp3) is 0.400. The van der Waals surface area contributed by atoms with Crippen molar-refractivity contribution in [2.75, 3.05) is 32.2 Å². The van der Waals surface area contributed by atoms with Crippen LogP contribution in [-0.2, 0) is 16.1 Å². The van der Waals surface area contributed by atoms with Gasteiger partial charge in [-0.2, -0.15) is 4.98 Å². The number of methoxy groups -OCH3 is 1. The maximum atomic E-state index is 12.6. The number of hydrogen-bond donors (Lipinski definition) is 1. The third-order valence-corrected chi connectivity index (χ3v) is 6.22. The lowest BCUT2D eigenvalue weighted by Crippen LogP contribution is -2.51. The van der Waals surface area contributed by atoms with E-state index in [1.54, 1.807) is 7.11 Å². The molecule has 1 aliphatic rings. The normalized spacial score (nSPS) is 18.3. The Bertz CT molecular complexity index is 744. The third kappa shape index (κ3) is 4.37. The summed E-state index contributed by atoms with van der Waals surface area (Å²) in [7, 11) is 4.39. The maximum Gasteiger partial charge on any atom is 0.245 e. The number of aromatic nitrogens is 1. The van der Waals surface area contributed by atoms with E-state index >= 15 is 0 Å². The van der Waals surface area contributed by atoms with Gasteiger partial charge in [-0.05, 0) is 50.6 Å². The van der Waals surface area contributed by atoms with Gasteiger partial charge in [-0.1, -0.05) is 12.1 Å². The standard InChI is InChI=1S/C15H17N3O3S3/c1-20-11-4-2-10(3-5-11)8-18-6-7-21-9-12(18)13(19)16-14-17-15(22)24-23-14/h2-5,12H,6-9H2,1H3,(H,16,17,19,22). The van der Waals surface area contributed by atoms with Gasteiger partial charge in [0, 0.05) is 13.1 Å². The molecule has 0 bridgehead atoms. The number of anilines is 1. The number of nitrogens with zero attached hydrogens (tertiary/aromatic N) is 2. The fourth-order valence-electron chi connectivity index (χ4n) is 2.47. The first-order chi connectivity index (χ1) is 11.7. The minimum Gasteiger partial charge on any atom is -0.497 e. The van der Waals surface area contributed by atoms with Crippen LogP contribution >= 0.6 is 32.9 Å². The minimum atomic E-state index is -0.344. The number of ether oxygens (including phenoxy) is 2. The topological polar surface area (TPSA) is 63.7 Å². The van der Waals surface area contributed by atoms with Crippen molar-refractivity contribution in [1.82, 2.24) is 9.88 Å². The molecular weight excluding hydrogens is 366 g/mol. The predicted molar refractivity (Wildman–Crippen MR) is 97.5 cm³/mol. The smallest absolute Gasteiger partial charge is 0.245 e. The van der Waals surface area contributed by atoms with E-state index in [4.69, 9.17) is 21.7 Å². The first-order valence-corrected chi connectivity index (χ1v) is 9.94. The van der Waals surface area contributed by atoms with Crippen molar-refractivity contribution in [1.29, 1.82) is 0 Å². The molecule has 2 aromatic rings. The second kappa shape index (κ2) is 8.13. The SMILES string of the molecule is COc1ccc(CN2CCOCC2C(=O)Nc2nc(=S)ss2)cc1. The van der Waals surface area contributed by atoms with Crippen LogP contribution in [0.15, 0.2) is 24.3 Å². The molecule has 3 rings (SSSR count). The molecule has 1 N–H and O–H groups in total. The molecule has 0 spiro atoms. The third-order valence-electron chi connectivity index (χ3n) is 3.70. The average Bonchev–Trinajstić information content (AvgIpc) is 3.01. The van der Waals surface area contributed by atoms with Crippen LogP contribution in [0.25, 0.3) is 0 Å². The zero-order valence-electron chi connectivity index (χ0n) is 13.1. The van der Waals surface area contributed by atoms with Crippen molar-refractivity contribution < 1.29 is 14.3 Å². The Kier molecular flexibility index (Phi) is 5.90. The van der Waals surface area contributed by atoms with Crippen LogP contribution in [0.4, 0.5) is 5.13 Å². The molecule has 1 amide bonds. The van der Waals surface area contributed by atoms with E-state index in [0.29, 0.717) is 35.4 Å². The highest BCUT2D eigenvalue weighted by Crippen LogP contribution is 2.21. The van der Waals surface area contributed by atoms with Crippen molar-refractivity contribution in [2.24, 2.45) is 0 Å². The van der Waals surface area contributed by atoms with E-state index in [1.807, 2.05) is 24.3 Å². The van der Waals surface area contributed by atoms with Crippen LogP contribution in [0.5, 0.6) is 5.75 Å². The zero-order valence-corrected chi connectivity index (χ0v) is 15.5. The Morgan fingerprint density at radius 2 is 2.25 bits per heavy atom. The maximum absolute atomic E-state index is 12.6. The highest BCUT2D eigenvalue weighted by atomic mass is 32.9. The van der Waals surface area contributed by atoms with Gasteiger partial charge in [-0.15, -0.1) is 0 Å². The van der Waals surface area contributed by atoms with E-state index < -0.39 is 0 Å². The molecule has 24 heavy (non-hydrogen) atoms.